The highest BCUT2D eigenvalue weighted by atomic mass is 16.6. The number of aliphatic carboxylic acids is 1. The number of fused-ring (bicyclic) bond motifs is 5. The number of aliphatic hydroxyl groups excluding tert-OH is 1. The predicted molar refractivity (Wildman–Crippen MR) is 126 cm³/mol. The van der Waals surface area contributed by atoms with Crippen molar-refractivity contribution in [2.24, 2.45) is 39.7 Å². The van der Waals surface area contributed by atoms with Gasteiger partial charge in [0.15, 0.2) is 6.61 Å². The fourth-order valence-corrected chi connectivity index (χ4v) is 7.91. The molecule has 0 bridgehead atoms. The number of carboxylic acid groups (broad SMARTS) is 1. The van der Waals surface area contributed by atoms with Crippen LogP contribution in [0.3, 0.4) is 0 Å². The van der Waals surface area contributed by atoms with Crippen LogP contribution >= 0.6 is 0 Å². The molecule has 3 N–H and O–H groups in total. The van der Waals surface area contributed by atoms with E-state index in [9.17, 15) is 14.4 Å². The Balaban J connectivity index is 1.41. The van der Waals surface area contributed by atoms with Crippen molar-refractivity contribution in [1.29, 1.82) is 0 Å². The Bertz CT molecular complexity index is 913. The Morgan fingerprint density at radius 3 is 2.59 bits per heavy atom. The Hall–Kier alpha value is -2.22. The van der Waals surface area contributed by atoms with Gasteiger partial charge in [0.2, 0.25) is 0 Å². The van der Waals surface area contributed by atoms with Crippen LogP contribution in [0.25, 0.3) is 0 Å². The number of Topliss-reactive ketones (excluding diaryl/α,β-unsaturated/α-hetero) is 1. The molecule has 4 aliphatic rings. The Morgan fingerprint density at radius 2 is 1.91 bits per heavy atom. The summed E-state index contributed by atoms with van der Waals surface area (Å²) >= 11 is 0. The highest BCUT2D eigenvalue weighted by molar-refractivity contribution is 5.96. The first-order valence-corrected chi connectivity index (χ1v) is 12.6. The first-order chi connectivity index (χ1) is 16.1. The number of carboxylic acids is 1. The van der Waals surface area contributed by atoms with Gasteiger partial charge >= 0.3 is 5.97 Å². The minimum Gasteiger partial charge on any atom is -0.480 e. The van der Waals surface area contributed by atoms with Gasteiger partial charge in [0.05, 0.1) is 12.3 Å². The van der Waals surface area contributed by atoms with Crippen molar-refractivity contribution < 1.29 is 29.4 Å². The van der Waals surface area contributed by atoms with Gasteiger partial charge in [0.1, 0.15) is 11.8 Å². The molecule has 0 aliphatic heterocycles. The van der Waals surface area contributed by atoms with Gasteiger partial charge in [-0.1, -0.05) is 24.6 Å². The fraction of sp³-hybridized carbons (Fsp3) is 0.769. The van der Waals surface area contributed by atoms with Crippen LogP contribution in [0.4, 0.5) is 0 Å². The predicted octanol–water partition coefficient (Wildman–Crippen LogP) is 3.09. The van der Waals surface area contributed by atoms with Crippen LogP contribution in [0.2, 0.25) is 0 Å². The molecule has 0 unspecified atom stereocenters. The van der Waals surface area contributed by atoms with E-state index in [4.69, 9.17) is 15.1 Å². The van der Waals surface area contributed by atoms with E-state index in [1.807, 2.05) is 0 Å². The maximum Gasteiger partial charge on any atom is 0.328 e. The molecule has 7 atom stereocenters. The van der Waals surface area contributed by atoms with Crippen molar-refractivity contribution in [3.63, 3.8) is 0 Å². The minimum absolute atomic E-state index is 0.144. The highest BCUT2D eigenvalue weighted by Crippen LogP contribution is 2.66. The number of oxime groups is 1. The highest BCUT2D eigenvalue weighted by Gasteiger charge is 2.59. The zero-order chi connectivity index (χ0) is 24.7. The van der Waals surface area contributed by atoms with E-state index in [2.05, 4.69) is 30.4 Å². The molecule has 188 valence electrons. The molecule has 0 aromatic carbocycles. The number of rotatable bonds is 7. The van der Waals surface area contributed by atoms with Crippen molar-refractivity contribution in [1.82, 2.24) is 5.32 Å². The van der Waals surface area contributed by atoms with Crippen LogP contribution in [0.5, 0.6) is 0 Å². The maximum atomic E-state index is 12.3. The number of allylic oxidation sites excluding steroid dienone is 2. The Kier molecular flexibility index (Phi) is 6.91. The van der Waals surface area contributed by atoms with Gasteiger partial charge in [-0.2, -0.15) is 0 Å². The van der Waals surface area contributed by atoms with E-state index < -0.39 is 31.1 Å². The molecule has 0 saturated heterocycles. The van der Waals surface area contributed by atoms with E-state index in [0.29, 0.717) is 23.5 Å². The number of aliphatic hydroxyl groups is 1. The zero-order valence-electron chi connectivity index (χ0n) is 20.5. The number of ketones is 1. The second-order valence-electron chi connectivity index (χ2n) is 11.3. The Morgan fingerprint density at radius 1 is 1.15 bits per heavy atom. The van der Waals surface area contributed by atoms with E-state index in [1.165, 1.54) is 18.4 Å². The standard InChI is InChI=1S/C26H38N2O6/c1-15(30)19-6-7-20-18-5-4-16-12-17(28-34-14-23(31)27-22(13-29)24(32)33)8-10-25(16,2)21(18)9-11-26(19,20)3/h12,18-22,29H,4-11,13-14H2,1-3H3,(H,27,31)(H,32,33)/b28-17-/t18-,19-,20-,21-,22-,25-,26+/m0/s1. The summed E-state index contributed by atoms with van der Waals surface area (Å²) in [7, 11) is 0. The van der Waals surface area contributed by atoms with Gasteiger partial charge in [-0.3, -0.25) is 9.59 Å². The second-order valence-corrected chi connectivity index (χ2v) is 11.3. The number of hydrogen-bond acceptors (Lipinski definition) is 6. The van der Waals surface area contributed by atoms with Crippen LogP contribution in [0.15, 0.2) is 16.8 Å². The fourth-order valence-electron chi connectivity index (χ4n) is 7.91. The van der Waals surface area contributed by atoms with Gasteiger partial charge in [-0.25, -0.2) is 4.79 Å². The molecule has 0 aromatic heterocycles. The third-order valence-corrected chi connectivity index (χ3v) is 9.66. The minimum atomic E-state index is -1.35. The molecule has 1 amide bonds. The van der Waals surface area contributed by atoms with Crippen LogP contribution in [0.1, 0.15) is 72.1 Å². The number of amides is 1. The summed E-state index contributed by atoms with van der Waals surface area (Å²) in [5, 5.41) is 24.3. The number of nitrogens with zero attached hydrogens (tertiary/aromatic N) is 1. The number of nitrogens with one attached hydrogen (secondary N) is 1. The normalized spacial score (nSPS) is 38.7. The quantitative estimate of drug-likeness (QED) is 0.487. The van der Waals surface area contributed by atoms with Crippen molar-refractivity contribution in [2.75, 3.05) is 13.2 Å². The number of carbonyl (C=O) groups is 3. The molecule has 0 aromatic rings. The molecule has 0 heterocycles. The van der Waals surface area contributed by atoms with Crippen molar-refractivity contribution in [2.45, 2.75) is 78.2 Å². The maximum absolute atomic E-state index is 12.3. The lowest BCUT2D eigenvalue weighted by molar-refractivity contribution is -0.143. The van der Waals surface area contributed by atoms with Crippen LogP contribution in [0, 0.1) is 34.5 Å². The van der Waals surface area contributed by atoms with Gasteiger partial charge in [-0.05, 0) is 93.0 Å². The summed E-state index contributed by atoms with van der Waals surface area (Å²) < 4.78 is 0. The molecular weight excluding hydrogens is 436 g/mol. The molecule has 3 fully saturated rings. The summed E-state index contributed by atoms with van der Waals surface area (Å²) in [6.07, 6.45) is 10.6. The van der Waals surface area contributed by atoms with Crippen LogP contribution < -0.4 is 5.32 Å². The number of carbonyl (C=O) groups excluding carboxylic acids is 2. The zero-order valence-corrected chi connectivity index (χ0v) is 20.5. The van der Waals surface area contributed by atoms with E-state index in [-0.39, 0.29) is 16.7 Å². The van der Waals surface area contributed by atoms with E-state index >= 15 is 0 Å². The lowest BCUT2D eigenvalue weighted by atomic mass is 9.46. The molecule has 8 heteroatoms. The summed E-state index contributed by atoms with van der Waals surface area (Å²) in [6, 6.07) is -1.35. The Labute approximate surface area is 201 Å². The first-order valence-electron chi connectivity index (χ1n) is 12.6. The van der Waals surface area contributed by atoms with Crippen molar-refractivity contribution in [3.8, 4) is 0 Å². The molecule has 0 radical (unpaired) electrons. The SMILES string of the molecule is CC(=O)[C@@H]1CC[C@H]2[C@@H]3CCC4=C/C(=N\OCC(=O)N[C@@H](CO)C(=O)O)CC[C@]4(C)[C@H]3CC[C@]12C. The molecule has 0 spiro atoms. The molecule has 4 rings (SSSR count). The molecular formula is C26H38N2O6. The average Bonchev–Trinajstić information content (AvgIpc) is 3.15. The third-order valence-electron chi connectivity index (χ3n) is 9.66. The summed E-state index contributed by atoms with van der Waals surface area (Å²) in [5.41, 5.74) is 2.54. The van der Waals surface area contributed by atoms with Gasteiger partial charge < -0.3 is 20.4 Å². The van der Waals surface area contributed by atoms with Crippen molar-refractivity contribution in [3.05, 3.63) is 11.6 Å². The smallest absolute Gasteiger partial charge is 0.328 e. The lowest BCUT2D eigenvalue weighted by Crippen LogP contribution is -2.51. The average molecular weight is 475 g/mol. The van der Waals surface area contributed by atoms with Gasteiger partial charge in [-0.15, -0.1) is 0 Å². The summed E-state index contributed by atoms with van der Waals surface area (Å²) in [6.45, 7) is 5.48. The first kappa shape index (κ1) is 24.9. The van der Waals surface area contributed by atoms with Gasteiger partial charge in [0.25, 0.3) is 5.91 Å². The lowest BCUT2D eigenvalue weighted by Gasteiger charge is -2.58. The monoisotopic (exact) mass is 474 g/mol. The third kappa shape index (κ3) is 4.30. The molecule has 4 aliphatic carbocycles. The van der Waals surface area contributed by atoms with Crippen LogP contribution in [-0.2, 0) is 19.2 Å². The largest absolute Gasteiger partial charge is 0.480 e. The molecule has 34 heavy (non-hydrogen) atoms. The van der Waals surface area contributed by atoms with Gasteiger partial charge in [0, 0.05) is 5.92 Å². The molecule has 3 saturated carbocycles. The van der Waals surface area contributed by atoms with E-state index in [0.717, 1.165) is 44.2 Å². The molecule has 8 nitrogen and oxygen atoms in total. The van der Waals surface area contributed by atoms with Crippen molar-refractivity contribution >= 4 is 23.4 Å². The van der Waals surface area contributed by atoms with Crippen LogP contribution in [-0.4, -0.2) is 52.8 Å². The number of hydrogen-bond donors (Lipinski definition) is 3. The summed E-state index contributed by atoms with van der Waals surface area (Å²) in [5.74, 6) is 0.619. The summed E-state index contributed by atoms with van der Waals surface area (Å²) in [4.78, 5) is 40.3. The van der Waals surface area contributed by atoms with E-state index in [1.54, 1.807) is 6.92 Å². The second kappa shape index (κ2) is 9.44. The topological polar surface area (TPSA) is 125 Å².